The number of hydrogen-bond acceptors (Lipinski definition) is 3. The first-order valence-electron chi connectivity index (χ1n) is 7.23. The number of benzene rings is 1. The lowest BCUT2D eigenvalue weighted by Gasteiger charge is -2.46. The van der Waals surface area contributed by atoms with Gasteiger partial charge in [-0.05, 0) is 25.0 Å². The third kappa shape index (κ3) is 3.51. The summed E-state index contributed by atoms with van der Waals surface area (Å²) in [7, 11) is 0. The molecule has 2 rings (SSSR count). The number of hydrogen-bond donors (Lipinski definition) is 1. The summed E-state index contributed by atoms with van der Waals surface area (Å²) in [6.07, 6.45) is 2.06. The van der Waals surface area contributed by atoms with Crippen LogP contribution in [-0.4, -0.2) is 41.2 Å². The third-order valence-electron chi connectivity index (χ3n) is 3.71. The lowest BCUT2D eigenvalue weighted by Crippen LogP contribution is -2.63. The molecule has 1 heterocycles. The van der Waals surface area contributed by atoms with E-state index in [9.17, 15) is 9.90 Å². The molecule has 1 aromatic rings. The van der Waals surface area contributed by atoms with Crippen LogP contribution in [0.4, 0.5) is 0 Å². The molecule has 0 bridgehead atoms. The van der Waals surface area contributed by atoms with Crippen molar-refractivity contribution in [2.75, 3.05) is 19.7 Å². The average molecular weight is 277 g/mol. The SMILES string of the molecule is CCCC1(O)CN(C(=O)CCOc2ccccc2C)C1. The van der Waals surface area contributed by atoms with E-state index in [0.717, 1.165) is 24.2 Å². The van der Waals surface area contributed by atoms with Gasteiger partial charge in [0.2, 0.25) is 5.91 Å². The van der Waals surface area contributed by atoms with Crippen LogP contribution in [-0.2, 0) is 4.79 Å². The largest absolute Gasteiger partial charge is 0.493 e. The van der Waals surface area contributed by atoms with Crippen LogP contribution in [0.3, 0.4) is 0 Å². The molecule has 0 atom stereocenters. The predicted octanol–water partition coefficient (Wildman–Crippen LogP) is 2.14. The van der Waals surface area contributed by atoms with Crippen LogP contribution in [0, 0.1) is 6.92 Å². The second-order valence-electron chi connectivity index (χ2n) is 5.59. The fourth-order valence-corrected chi connectivity index (χ4v) is 2.59. The maximum Gasteiger partial charge on any atom is 0.226 e. The number of para-hydroxylation sites is 1. The highest BCUT2D eigenvalue weighted by Gasteiger charge is 2.42. The van der Waals surface area contributed by atoms with Gasteiger partial charge in [0.15, 0.2) is 0 Å². The molecule has 1 aromatic carbocycles. The summed E-state index contributed by atoms with van der Waals surface area (Å²) in [6.45, 7) is 5.33. The first-order chi connectivity index (χ1) is 9.54. The molecule has 0 spiro atoms. The second-order valence-corrected chi connectivity index (χ2v) is 5.59. The normalized spacial score (nSPS) is 16.6. The molecule has 1 aliphatic heterocycles. The zero-order valence-corrected chi connectivity index (χ0v) is 12.3. The molecule has 1 fully saturated rings. The summed E-state index contributed by atoms with van der Waals surface area (Å²) in [6, 6.07) is 7.77. The van der Waals surface area contributed by atoms with E-state index in [1.165, 1.54) is 0 Å². The average Bonchev–Trinajstić information content (AvgIpc) is 2.38. The van der Waals surface area contributed by atoms with Crippen LogP contribution in [0.5, 0.6) is 5.75 Å². The van der Waals surface area contributed by atoms with E-state index in [2.05, 4.69) is 0 Å². The van der Waals surface area contributed by atoms with Gasteiger partial charge in [-0.25, -0.2) is 0 Å². The molecule has 0 aromatic heterocycles. The molecular formula is C16H23NO3. The van der Waals surface area contributed by atoms with Gasteiger partial charge in [-0.15, -0.1) is 0 Å². The molecule has 1 N–H and O–H groups in total. The van der Waals surface area contributed by atoms with Gasteiger partial charge in [0, 0.05) is 0 Å². The summed E-state index contributed by atoms with van der Waals surface area (Å²) in [5, 5.41) is 10.0. The van der Waals surface area contributed by atoms with Crippen molar-refractivity contribution in [3.05, 3.63) is 29.8 Å². The van der Waals surface area contributed by atoms with Gasteiger partial charge in [-0.1, -0.05) is 31.5 Å². The number of aryl methyl sites for hydroxylation is 1. The number of amides is 1. The molecule has 0 radical (unpaired) electrons. The Morgan fingerprint density at radius 1 is 1.40 bits per heavy atom. The molecule has 0 saturated carbocycles. The first-order valence-corrected chi connectivity index (χ1v) is 7.23. The lowest BCUT2D eigenvalue weighted by atomic mass is 9.89. The number of β-amino-alcohol motifs (C(OH)–C–C–N with tert-alkyl or cyclic N) is 1. The maximum atomic E-state index is 11.9. The van der Waals surface area contributed by atoms with E-state index in [-0.39, 0.29) is 5.91 Å². The summed E-state index contributed by atoms with van der Waals surface area (Å²) in [5.74, 6) is 0.880. The van der Waals surface area contributed by atoms with Gasteiger partial charge in [0.1, 0.15) is 5.75 Å². The van der Waals surface area contributed by atoms with Crippen LogP contribution in [0.15, 0.2) is 24.3 Å². The number of carbonyl (C=O) groups is 1. The van der Waals surface area contributed by atoms with Crippen LogP contribution in [0.2, 0.25) is 0 Å². The van der Waals surface area contributed by atoms with E-state index in [4.69, 9.17) is 4.74 Å². The molecule has 4 nitrogen and oxygen atoms in total. The van der Waals surface area contributed by atoms with Gasteiger partial charge < -0.3 is 14.7 Å². The zero-order chi connectivity index (χ0) is 14.6. The molecule has 1 aliphatic rings. The van der Waals surface area contributed by atoms with E-state index >= 15 is 0 Å². The van der Waals surface area contributed by atoms with Crippen molar-refractivity contribution in [3.63, 3.8) is 0 Å². The van der Waals surface area contributed by atoms with Crippen LogP contribution in [0.25, 0.3) is 0 Å². The Kier molecular flexibility index (Phi) is 4.65. The first kappa shape index (κ1) is 14.9. The van der Waals surface area contributed by atoms with Gasteiger partial charge in [-0.2, -0.15) is 0 Å². The minimum atomic E-state index is -0.652. The molecule has 110 valence electrons. The fourth-order valence-electron chi connectivity index (χ4n) is 2.59. The van der Waals surface area contributed by atoms with Crippen LogP contribution < -0.4 is 4.74 Å². The molecular weight excluding hydrogens is 254 g/mol. The lowest BCUT2D eigenvalue weighted by molar-refractivity contribution is -0.157. The Balaban J connectivity index is 1.71. The Morgan fingerprint density at radius 2 is 2.10 bits per heavy atom. The van der Waals surface area contributed by atoms with E-state index < -0.39 is 5.60 Å². The highest BCUT2D eigenvalue weighted by Crippen LogP contribution is 2.26. The molecule has 20 heavy (non-hydrogen) atoms. The van der Waals surface area contributed by atoms with Gasteiger partial charge in [-0.3, -0.25) is 4.79 Å². The van der Waals surface area contributed by atoms with E-state index in [0.29, 0.717) is 26.1 Å². The third-order valence-corrected chi connectivity index (χ3v) is 3.71. The van der Waals surface area contributed by atoms with Crippen molar-refractivity contribution in [1.29, 1.82) is 0 Å². The standard InChI is InChI=1S/C16H23NO3/c1-3-9-16(19)11-17(12-16)15(18)8-10-20-14-7-5-4-6-13(14)2/h4-7,19H,3,8-12H2,1-2H3. The summed E-state index contributed by atoms with van der Waals surface area (Å²) in [4.78, 5) is 13.6. The zero-order valence-electron chi connectivity index (χ0n) is 12.3. The summed E-state index contributed by atoms with van der Waals surface area (Å²) in [5.41, 5.74) is 0.419. The Labute approximate surface area is 120 Å². The Morgan fingerprint density at radius 3 is 2.75 bits per heavy atom. The quantitative estimate of drug-likeness (QED) is 0.866. The minimum absolute atomic E-state index is 0.0550. The molecule has 1 saturated heterocycles. The molecule has 0 unspecified atom stereocenters. The Hall–Kier alpha value is -1.55. The number of rotatable bonds is 6. The predicted molar refractivity (Wildman–Crippen MR) is 77.7 cm³/mol. The van der Waals surface area contributed by atoms with Crippen molar-refractivity contribution < 1.29 is 14.6 Å². The van der Waals surface area contributed by atoms with Crippen LogP contribution >= 0.6 is 0 Å². The highest BCUT2D eigenvalue weighted by molar-refractivity contribution is 5.77. The van der Waals surface area contributed by atoms with Gasteiger partial charge in [0.25, 0.3) is 0 Å². The topological polar surface area (TPSA) is 49.8 Å². The number of likely N-dealkylation sites (tertiary alicyclic amines) is 1. The Bertz CT molecular complexity index is 467. The van der Waals surface area contributed by atoms with E-state index in [1.54, 1.807) is 4.90 Å². The number of carbonyl (C=O) groups excluding carboxylic acids is 1. The van der Waals surface area contributed by atoms with Crippen molar-refractivity contribution in [2.45, 2.75) is 38.7 Å². The minimum Gasteiger partial charge on any atom is -0.493 e. The van der Waals surface area contributed by atoms with Gasteiger partial charge in [0.05, 0.1) is 31.7 Å². The highest BCUT2D eigenvalue weighted by atomic mass is 16.5. The molecule has 1 amide bonds. The maximum absolute atomic E-state index is 11.9. The monoisotopic (exact) mass is 277 g/mol. The van der Waals surface area contributed by atoms with Gasteiger partial charge >= 0.3 is 0 Å². The summed E-state index contributed by atoms with van der Waals surface area (Å²) >= 11 is 0. The van der Waals surface area contributed by atoms with E-state index in [1.807, 2.05) is 38.1 Å². The summed E-state index contributed by atoms with van der Waals surface area (Å²) < 4.78 is 5.62. The molecule has 0 aliphatic carbocycles. The van der Waals surface area contributed by atoms with Crippen molar-refractivity contribution in [1.82, 2.24) is 4.90 Å². The number of nitrogens with zero attached hydrogens (tertiary/aromatic N) is 1. The smallest absolute Gasteiger partial charge is 0.226 e. The fraction of sp³-hybridized carbons (Fsp3) is 0.562. The number of aliphatic hydroxyl groups is 1. The van der Waals surface area contributed by atoms with Crippen molar-refractivity contribution >= 4 is 5.91 Å². The van der Waals surface area contributed by atoms with Crippen molar-refractivity contribution in [2.24, 2.45) is 0 Å². The second kappa shape index (κ2) is 6.27. The molecule has 4 heteroatoms. The van der Waals surface area contributed by atoms with Crippen molar-refractivity contribution in [3.8, 4) is 5.75 Å². The van der Waals surface area contributed by atoms with Crippen LogP contribution in [0.1, 0.15) is 31.7 Å². The number of ether oxygens (including phenoxy) is 1.